The van der Waals surface area contributed by atoms with E-state index in [4.69, 9.17) is 0 Å². The van der Waals surface area contributed by atoms with Gasteiger partial charge in [0.25, 0.3) is 0 Å². The fourth-order valence-electron chi connectivity index (χ4n) is 2.06. The Hall–Kier alpha value is -1.78. The molecule has 0 bridgehead atoms. The average molecular weight is 282 g/mol. The monoisotopic (exact) mass is 282 g/mol. The Morgan fingerprint density at radius 3 is 2.45 bits per heavy atom. The highest BCUT2D eigenvalue weighted by atomic mass is 19.2. The second-order valence-corrected chi connectivity index (χ2v) is 5.07. The van der Waals surface area contributed by atoms with Crippen LogP contribution in [0.4, 0.5) is 19.0 Å². The molecule has 5 heteroatoms. The number of halogens is 3. The zero-order valence-corrected chi connectivity index (χ0v) is 11.7. The van der Waals surface area contributed by atoms with Crippen LogP contribution in [0.2, 0.25) is 0 Å². The number of nitrogens with zero attached hydrogens (tertiary/aromatic N) is 1. The number of rotatable bonds is 4. The van der Waals surface area contributed by atoms with E-state index in [-0.39, 0.29) is 16.8 Å². The van der Waals surface area contributed by atoms with Crippen molar-refractivity contribution in [2.45, 2.75) is 33.1 Å². The first-order valence-corrected chi connectivity index (χ1v) is 6.67. The molecule has 1 N–H and O–H groups in total. The third kappa shape index (κ3) is 2.57. The van der Waals surface area contributed by atoms with Crippen LogP contribution in [-0.2, 0) is 0 Å². The Labute approximate surface area is 116 Å². The quantitative estimate of drug-likeness (QED) is 0.829. The van der Waals surface area contributed by atoms with Crippen LogP contribution in [0, 0.1) is 17.5 Å². The second kappa shape index (κ2) is 5.69. The first kappa shape index (κ1) is 14.6. The van der Waals surface area contributed by atoms with E-state index in [1.165, 1.54) is 0 Å². The standard InChI is InChI=1S/C15H17F3N2/c1-4-5-19-15-10(8(2)3)6-9-7-11(16)12(17)13(18)14(9)20-15/h6-8H,4-5H2,1-3H3,(H,19,20). The first-order valence-electron chi connectivity index (χ1n) is 6.67. The summed E-state index contributed by atoms with van der Waals surface area (Å²) in [6.45, 7) is 6.62. The van der Waals surface area contributed by atoms with Gasteiger partial charge in [-0.2, -0.15) is 0 Å². The van der Waals surface area contributed by atoms with E-state index in [1.54, 1.807) is 6.07 Å². The molecule has 1 heterocycles. The van der Waals surface area contributed by atoms with E-state index >= 15 is 0 Å². The highest BCUT2D eigenvalue weighted by Crippen LogP contribution is 2.29. The van der Waals surface area contributed by atoms with Crippen molar-refractivity contribution in [2.24, 2.45) is 0 Å². The first-order chi connectivity index (χ1) is 9.45. The highest BCUT2D eigenvalue weighted by Gasteiger charge is 2.18. The van der Waals surface area contributed by atoms with Crippen molar-refractivity contribution in [1.82, 2.24) is 4.98 Å². The van der Waals surface area contributed by atoms with Gasteiger partial charge in [-0.25, -0.2) is 18.2 Å². The van der Waals surface area contributed by atoms with Gasteiger partial charge in [0.1, 0.15) is 11.3 Å². The molecule has 0 aliphatic rings. The number of pyridine rings is 1. The van der Waals surface area contributed by atoms with Crippen LogP contribution in [0.1, 0.15) is 38.7 Å². The van der Waals surface area contributed by atoms with Gasteiger partial charge in [0.15, 0.2) is 17.5 Å². The lowest BCUT2D eigenvalue weighted by atomic mass is 10.0. The summed E-state index contributed by atoms with van der Waals surface area (Å²) in [5, 5.41) is 3.37. The zero-order valence-electron chi connectivity index (χ0n) is 11.7. The predicted molar refractivity (Wildman–Crippen MR) is 74.5 cm³/mol. The van der Waals surface area contributed by atoms with Gasteiger partial charge in [-0.1, -0.05) is 20.8 Å². The van der Waals surface area contributed by atoms with Gasteiger partial charge in [0, 0.05) is 11.9 Å². The molecule has 0 aliphatic heterocycles. The minimum absolute atomic E-state index is 0.141. The minimum atomic E-state index is -1.48. The molecule has 0 atom stereocenters. The van der Waals surface area contributed by atoms with Crippen LogP contribution in [0.3, 0.4) is 0 Å². The smallest absolute Gasteiger partial charge is 0.196 e. The molecule has 108 valence electrons. The topological polar surface area (TPSA) is 24.9 Å². The fraction of sp³-hybridized carbons (Fsp3) is 0.400. The Morgan fingerprint density at radius 1 is 1.15 bits per heavy atom. The Balaban J connectivity index is 2.68. The van der Waals surface area contributed by atoms with Crippen molar-refractivity contribution in [3.63, 3.8) is 0 Å². The largest absolute Gasteiger partial charge is 0.370 e. The van der Waals surface area contributed by atoms with Gasteiger partial charge in [0.2, 0.25) is 0 Å². The summed E-state index contributed by atoms with van der Waals surface area (Å²) in [7, 11) is 0. The molecule has 2 nitrogen and oxygen atoms in total. The molecule has 0 fully saturated rings. The van der Waals surface area contributed by atoms with Crippen molar-refractivity contribution in [3.05, 3.63) is 35.1 Å². The van der Waals surface area contributed by atoms with Gasteiger partial charge in [-0.15, -0.1) is 0 Å². The fourth-order valence-corrected chi connectivity index (χ4v) is 2.06. The SMILES string of the molecule is CCCNc1nc2c(F)c(F)c(F)cc2cc1C(C)C. The summed E-state index contributed by atoms with van der Waals surface area (Å²) in [6.07, 6.45) is 0.886. The summed E-state index contributed by atoms with van der Waals surface area (Å²) >= 11 is 0. The van der Waals surface area contributed by atoms with E-state index in [0.717, 1.165) is 18.1 Å². The average Bonchev–Trinajstić information content (AvgIpc) is 2.42. The maximum atomic E-state index is 13.8. The molecule has 1 aromatic heterocycles. The summed E-state index contributed by atoms with van der Waals surface area (Å²) in [6, 6.07) is 2.65. The third-order valence-electron chi connectivity index (χ3n) is 3.14. The van der Waals surface area contributed by atoms with Crippen LogP contribution in [0.5, 0.6) is 0 Å². The Bertz CT molecular complexity index is 639. The Kier molecular flexibility index (Phi) is 4.16. The van der Waals surface area contributed by atoms with Gasteiger partial charge in [-0.05, 0) is 30.0 Å². The summed E-state index contributed by atoms with van der Waals surface area (Å²) in [5.74, 6) is -3.25. The number of anilines is 1. The molecule has 0 saturated carbocycles. The molecule has 0 saturated heterocycles. The molecule has 0 radical (unpaired) electrons. The molecule has 2 aromatic rings. The minimum Gasteiger partial charge on any atom is -0.370 e. The van der Waals surface area contributed by atoms with Crippen molar-refractivity contribution in [3.8, 4) is 0 Å². The van der Waals surface area contributed by atoms with Crippen molar-refractivity contribution in [2.75, 3.05) is 11.9 Å². The lowest BCUT2D eigenvalue weighted by Gasteiger charge is -2.15. The van der Waals surface area contributed by atoms with Crippen molar-refractivity contribution >= 4 is 16.7 Å². The van der Waals surface area contributed by atoms with E-state index in [0.29, 0.717) is 12.4 Å². The van der Waals surface area contributed by atoms with Gasteiger partial charge in [0.05, 0.1) is 0 Å². The predicted octanol–water partition coefficient (Wildman–Crippen LogP) is 4.60. The van der Waals surface area contributed by atoms with E-state index in [9.17, 15) is 13.2 Å². The molecule has 0 amide bonds. The van der Waals surface area contributed by atoms with Crippen LogP contribution >= 0.6 is 0 Å². The van der Waals surface area contributed by atoms with Crippen molar-refractivity contribution in [1.29, 1.82) is 0 Å². The number of hydrogen-bond acceptors (Lipinski definition) is 2. The summed E-state index contributed by atoms with van der Waals surface area (Å²) in [5.41, 5.74) is 0.711. The lowest BCUT2D eigenvalue weighted by molar-refractivity contribution is 0.452. The lowest BCUT2D eigenvalue weighted by Crippen LogP contribution is -2.08. The van der Waals surface area contributed by atoms with E-state index in [2.05, 4.69) is 10.3 Å². The normalized spacial score (nSPS) is 11.3. The number of benzene rings is 1. The third-order valence-corrected chi connectivity index (χ3v) is 3.14. The number of fused-ring (bicyclic) bond motifs is 1. The van der Waals surface area contributed by atoms with E-state index in [1.807, 2.05) is 20.8 Å². The van der Waals surface area contributed by atoms with Crippen LogP contribution < -0.4 is 5.32 Å². The molecule has 20 heavy (non-hydrogen) atoms. The van der Waals surface area contributed by atoms with Crippen LogP contribution in [0.25, 0.3) is 10.9 Å². The Morgan fingerprint density at radius 2 is 1.85 bits per heavy atom. The van der Waals surface area contributed by atoms with Gasteiger partial charge < -0.3 is 5.32 Å². The van der Waals surface area contributed by atoms with Crippen molar-refractivity contribution < 1.29 is 13.2 Å². The van der Waals surface area contributed by atoms with Crippen LogP contribution in [-0.4, -0.2) is 11.5 Å². The number of hydrogen-bond donors (Lipinski definition) is 1. The molecular weight excluding hydrogens is 265 g/mol. The second-order valence-electron chi connectivity index (χ2n) is 5.07. The molecule has 2 rings (SSSR count). The summed E-state index contributed by atoms with van der Waals surface area (Å²) < 4.78 is 40.4. The summed E-state index contributed by atoms with van der Waals surface area (Å²) in [4.78, 5) is 4.14. The number of aromatic nitrogens is 1. The number of nitrogens with one attached hydrogen (secondary N) is 1. The van der Waals surface area contributed by atoms with E-state index < -0.39 is 17.5 Å². The molecule has 0 unspecified atom stereocenters. The molecule has 1 aromatic carbocycles. The zero-order chi connectivity index (χ0) is 14.9. The molecular formula is C15H17F3N2. The molecule has 0 aliphatic carbocycles. The van der Waals surface area contributed by atoms with Gasteiger partial charge in [-0.3, -0.25) is 0 Å². The molecule has 0 spiro atoms. The highest BCUT2D eigenvalue weighted by molar-refractivity contribution is 5.82. The maximum absolute atomic E-state index is 13.8. The van der Waals surface area contributed by atoms with Gasteiger partial charge >= 0.3 is 0 Å². The maximum Gasteiger partial charge on any atom is 0.196 e. The van der Waals surface area contributed by atoms with Crippen LogP contribution in [0.15, 0.2) is 12.1 Å².